The van der Waals surface area contributed by atoms with Gasteiger partial charge in [0.2, 0.25) is 11.8 Å². The topological polar surface area (TPSA) is 86.7 Å². The summed E-state index contributed by atoms with van der Waals surface area (Å²) in [5, 5.41) is 11.5. The molecule has 120 valence electrons. The quantitative estimate of drug-likeness (QED) is 0.776. The van der Waals surface area contributed by atoms with Crippen LogP contribution in [-0.4, -0.2) is 46.9 Å². The summed E-state index contributed by atoms with van der Waals surface area (Å²) in [5.74, 6) is -1.26. The molecule has 1 atom stereocenters. The van der Waals surface area contributed by atoms with Crippen LogP contribution in [0, 0.1) is 5.41 Å². The molecule has 0 aliphatic carbocycles. The van der Waals surface area contributed by atoms with E-state index in [4.69, 9.17) is 5.11 Å². The maximum atomic E-state index is 12.2. The molecule has 0 saturated carbocycles. The number of amides is 2. The first-order chi connectivity index (χ1) is 9.71. The number of nitrogens with zero attached hydrogens (tertiary/aromatic N) is 1. The highest BCUT2D eigenvalue weighted by molar-refractivity contribution is 5.87. The van der Waals surface area contributed by atoms with Crippen LogP contribution < -0.4 is 5.32 Å². The minimum atomic E-state index is -0.926. The van der Waals surface area contributed by atoms with Gasteiger partial charge in [-0.25, -0.2) is 0 Å². The molecule has 0 aromatic rings. The van der Waals surface area contributed by atoms with Crippen molar-refractivity contribution in [2.45, 2.75) is 58.9 Å². The lowest BCUT2D eigenvalue weighted by Crippen LogP contribution is -2.49. The van der Waals surface area contributed by atoms with E-state index in [1.54, 1.807) is 25.7 Å². The van der Waals surface area contributed by atoms with E-state index in [9.17, 15) is 14.4 Å². The first-order valence-electron chi connectivity index (χ1n) is 7.51. The molecule has 0 radical (unpaired) electrons. The number of carbonyl (C=O) groups excluding carboxylic acids is 2. The largest absolute Gasteiger partial charge is 0.481 e. The molecule has 2 N–H and O–H groups in total. The highest BCUT2D eigenvalue weighted by Crippen LogP contribution is 2.24. The number of carboxylic acids is 1. The number of aliphatic carboxylic acids is 1. The zero-order valence-corrected chi connectivity index (χ0v) is 13.1. The average molecular weight is 298 g/mol. The smallest absolute Gasteiger partial charge is 0.303 e. The van der Waals surface area contributed by atoms with E-state index in [0.717, 1.165) is 32.4 Å². The Hall–Kier alpha value is -1.59. The lowest BCUT2D eigenvalue weighted by atomic mass is 9.85. The van der Waals surface area contributed by atoms with Gasteiger partial charge in [0.1, 0.15) is 6.04 Å². The van der Waals surface area contributed by atoms with Crippen LogP contribution in [0.2, 0.25) is 0 Å². The van der Waals surface area contributed by atoms with Gasteiger partial charge in [-0.05, 0) is 31.6 Å². The van der Waals surface area contributed by atoms with Crippen LogP contribution in [0.3, 0.4) is 0 Å². The van der Waals surface area contributed by atoms with Crippen molar-refractivity contribution >= 4 is 17.8 Å². The van der Waals surface area contributed by atoms with Crippen LogP contribution in [-0.2, 0) is 14.4 Å². The Morgan fingerprint density at radius 3 is 2.24 bits per heavy atom. The molecular weight excluding hydrogens is 272 g/mol. The zero-order valence-electron chi connectivity index (χ0n) is 13.1. The van der Waals surface area contributed by atoms with Crippen molar-refractivity contribution in [1.82, 2.24) is 10.2 Å². The predicted molar refractivity (Wildman–Crippen MR) is 78.7 cm³/mol. The standard InChI is InChI=1S/C15H26N2O4/c1-11(14(21)17-7-5-4-6-8-17)16-12(18)9-15(2,3)10-13(19)20/h11H,4-10H2,1-3H3,(H,16,18)(H,19,20). The molecule has 0 bridgehead atoms. The molecule has 21 heavy (non-hydrogen) atoms. The summed E-state index contributed by atoms with van der Waals surface area (Å²) in [7, 11) is 0. The lowest BCUT2D eigenvalue weighted by Gasteiger charge is -2.30. The fraction of sp³-hybridized carbons (Fsp3) is 0.800. The van der Waals surface area contributed by atoms with E-state index in [1.165, 1.54) is 0 Å². The monoisotopic (exact) mass is 298 g/mol. The fourth-order valence-electron chi connectivity index (χ4n) is 2.65. The van der Waals surface area contributed by atoms with Crippen molar-refractivity contribution in [3.63, 3.8) is 0 Å². The highest BCUT2D eigenvalue weighted by Gasteiger charge is 2.28. The molecule has 1 heterocycles. The molecule has 1 unspecified atom stereocenters. The van der Waals surface area contributed by atoms with Gasteiger partial charge in [0, 0.05) is 19.5 Å². The predicted octanol–water partition coefficient (Wildman–Crippen LogP) is 1.39. The van der Waals surface area contributed by atoms with Gasteiger partial charge in [0.05, 0.1) is 6.42 Å². The van der Waals surface area contributed by atoms with E-state index in [0.29, 0.717) is 0 Å². The maximum absolute atomic E-state index is 12.2. The van der Waals surface area contributed by atoms with Gasteiger partial charge in [-0.3, -0.25) is 14.4 Å². The minimum Gasteiger partial charge on any atom is -0.481 e. The summed E-state index contributed by atoms with van der Waals surface area (Å²) in [6.07, 6.45) is 3.19. The van der Waals surface area contributed by atoms with Gasteiger partial charge >= 0.3 is 5.97 Å². The molecule has 1 aliphatic heterocycles. The number of hydrogen-bond acceptors (Lipinski definition) is 3. The molecule has 1 aliphatic rings. The zero-order chi connectivity index (χ0) is 16.0. The number of carbonyl (C=O) groups is 3. The third kappa shape index (κ3) is 6.14. The molecular formula is C15H26N2O4. The van der Waals surface area contributed by atoms with Crippen LogP contribution in [0.4, 0.5) is 0 Å². The number of carboxylic acid groups (broad SMARTS) is 1. The molecule has 1 saturated heterocycles. The van der Waals surface area contributed by atoms with Gasteiger partial charge in [-0.2, -0.15) is 0 Å². The van der Waals surface area contributed by atoms with Crippen molar-refractivity contribution in [3.05, 3.63) is 0 Å². The van der Waals surface area contributed by atoms with Gasteiger partial charge < -0.3 is 15.3 Å². The molecule has 0 aromatic heterocycles. The van der Waals surface area contributed by atoms with Gasteiger partial charge in [0.15, 0.2) is 0 Å². The van der Waals surface area contributed by atoms with Gasteiger partial charge in [-0.1, -0.05) is 13.8 Å². The molecule has 0 spiro atoms. The van der Waals surface area contributed by atoms with Crippen LogP contribution >= 0.6 is 0 Å². The molecule has 6 nitrogen and oxygen atoms in total. The molecule has 0 aromatic carbocycles. The Kier molecular flexibility index (Phi) is 6.18. The van der Waals surface area contributed by atoms with Crippen molar-refractivity contribution < 1.29 is 19.5 Å². The second-order valence-electron chi connectivity index (χ2n) is 6.59. The van der Waals surface area contributed by atoms with Crippen molar-refractivity contribution in [1.29, 1.82) is 0 Å². The second kappa shape index (κ2) is 7.43. The van der Waals surface area contributed by atoms with Crippen LogP contribution in [0.15, 0.2) is 0 Å². The summed E-state index contributed by atoms with van der Waals surface area (Å²) in [5.41, 5.74) is -0.621. The Bertz CT molecular complexity index is 400. The first-order valence-corrected chi connectivity index (χ1v) is 7.51. The first kappa shape index (κ1) is 17.5. The summed E-state index contributed by atoms with van der Waals surface area (Å²) >= 11 is 0. The normalized spacial score (nSPS) is 17.2. The Morgan fingerprint density at radius 1 is 1.14 bits per heavy atom. The van der Waals surface area contributed by atoms with E-state index in [-0.39, 0.29) is 24.7 Å². The van der Waals surface area contributed by atoms with Crippen LogP contribution in [0.25, 0.3) is 0 Å². The third-order valence-corrected chi connectivity index (χ3v) is 3.68. The highest BCUT2D eigenvalue weighted by atomic mass is 16.4. The molecule has 1 fully saturated rings. The minimum absolute atomic E-state index is 0.0564. The van der Waals surface area contributed by atoms with Gasteiger partial charge in [0.25, 0.3) is 0 Å². The van der Waals surface area contributed by atoms with Crippen molar-refractivity contribution in [2.24, 2.45) is 5.41 Å². The number of piperidine rings is 1. The molecule has 2 amide bonds. The Labute approximate surface area is 125 Å². The molecule has 1 rings (SSSR count). The van der Waals surface area contributed by atoms with Gasteiger partial charge in [-0.15, -0.1) is 0 Å². The van der Waals surface area contributed by atoms with E-state index in [2.05, 4.69) is 5.32 Å². The SMILES string of the molecule is CC(NC(=O)CC(C)(C)CC(=O)O)C(=O)N1CCCCC1. The number of likely N-dealkylation sites (tertiary alicyclic amines) is 1. The number of nitrogens with one attached hydrogen (secondary N) is 1. The average Bonchev–Trinajstić information content (AvgIpc) is 2.36. The van der Waals surface area contributed by atoms with E-state index < -0.39 is 17.4 Å². The number of hydrogen-bond donors (Lipinski definition) is 2. The lowest BCUT2D eigenvalue weighted by molar-refractivity contribution is -0.141. The summed E-state index contributed by atoms with van der Waals surface area (Å²) in [6, 6.07) is -0.559. The van der Waals surface area contributed by atoms with Crippen LogP contribution in [0.5, 0.6) is 0 Å². The van der Waals surface area contributed by atoms with E-state index in [1.807, 2.05) is 0 Å². The maximum Gasteiger partial charge on any atom is 0.303 e. The molecule has 6 heteroatoms. The number of rotatable bonds is 6. The Balaban J connectivity index is 2.45. The second-order valence-corrected chi connectivity index (χ2v) is 6.59. The summed E-state index contributed by atoms with van der Waals surface area (Å²) < 4.78 is 0. The van der Waals surface area contributed by atoms with Crippen molar-refractivity contribution in [2.75, 3.05) is 13.1 Å². The van der Waals surface area contributed by atoms with E-state index >= 15 is 0 Å². The van der Waals surface area contributed by atoms with Crippen LogP contribution in [0.1, 0.15) is 52.9 Å². The summed E-state index contributed by atoms with van der Waals surface area (Å²) in [4.78, 5) is 36.7. The summed E-state index contributed by atoms with van der Waals surface area (Å²) in [6.45, 7) is 6.65. The third-order valence-electron chi connectivity index (χ3n) is 3.68. The fourth-order valence-corrected chi connectivity index (χ4v) is 2.65. The van der Waals surface area contributed by atoms with Crippen molar-refractivity contribution in [3.8, 4) is 0 Å². The Morgan fingerprint density at radius 2 is 1.71 bits per heavy atom.